The van der Waals surface area contributed by atoms with E-state index in [4.69, 9.17) is 4.74 Å². The molecule has 1 heterocycles. The average molecular weight is 174 g/mol. The molecule has 1 saturated heterocycles. The summed E-state index contributed by atoms with van der Waals surface area (Å²) < 4.78 is 5.54. The van der Waals surface area contributed by atoms with Crippen LogP contribution in [0.3, 0.4) is 0 Å². The fourth-order valence-corrected chi connectivity index (χ4v) is 1.75. The number of nitrogens with one attached hydrogen (secondary N) is 1. The van der Waals surface area contributed by atoms with Crippen molar-refractivity contribution in [2.45, 2.75) is 19.8 Å². The fraction of sp³-hybridized carbons (Fsp3) is 0.875. The van der Waals surface area contributed by atoms with Gasteiger partial charge in [-0.15, -0.1) is 11.8 Å². The highest BCUT2D eigenvalue weighted by Crippen LogP contribution is 2.22. The molecule has 3 heteroatoms. The Bertz CT molecular complexity index is 94.1. The summed E-state index contributed by atoms with van der Waals surface area (Å²) in [7, 11) is 0. The molecule has 0 saturated carbocycles. The Morgan fingerprint density at radius 2 is 2.55 bits per heavy atom. The van der Waals surface area contributed by atoms with Gasteiger partial charge in [-0.3, -0.25) is 0 Å². The second-order valence-electron chi connectivity index (χ2n) is 2.60. The van der Waals surface area contributed by atoms with E-state index in [1.54, 1.807) is 0 Å². The van der Waals surface area contributed by atoms with Gasteiger partial charge >= 0.3 is 0 Å². The van der Waals surface area contributed by atoms with Gasteiger partial charge in [-0.05, 0) is 6.42 Å². The summed E-state index contributed by atoms with van der Waals surface area (Å²) in [6.45, 7) is 5.13. The van der Waals surface area contributed by atoms with Crippen molar-refractivity contribution in [2.24, 2.45) is 0 Å². The number of unbranched alkanes of at least 4 members (excludes halogenated alkanes) is 1. The smallest absolute Gasteiger partial charge is 0.165 e. The van der Waals surface area contributed by atoms with Crippen LogP contribution >= 0.6 is 11.8 Å². The van der Waals surface area contributed by atoms with E-state index < -0.39 is 0 Å². The number of hydrogen-bond acceptors (Lipinski definition) is 3. The van der Waals surface area contributed by atoms with Crippen LogP contribution in [0.1, 0.15) is 19.8 Å². The van der Waals surface area contributed by atoms with Crippen LogP contribution in [0.5, 0.6) is 0 Å². The Morgan fingerprint density at radius 1 is 1.64 bits per heavy atom. The molecule has 0 unspecified atom stereocenters. The third kappa shape index (κ3) is 3.99. The molecular weight excluding hydrogens is 158 g/mol. The van der Waals surface area contributed by atoms with Crippen LogP contribution in [-0.2, 0) is 4.74 Å². The Hall–Kier alpha value is 0.270. The van der Waals surface area contributed by atoms with Crippen molar-refractivity contribution in [1.29, 1.82) is 0 Å². The van der Waals surface area contributed by atoms with Crippen molar-refractivity contribution >= 4 is 11.8 Å². The predicted molar refractivity (Wildman–Crippen MR) is 49.4 cm³/mol. The maximum Gasteiger partial charge on any atom is 0.165 e. The Balaban J connectivity index is 1.96. The van der Waals surface area contributed by atoms with E-state index in [1.807, 2.05) is 11.8 Å². The largest absolute Gasteiger partial charge is 0.359 e. The highest BCUT2D eigenvalue weighted by atomic mass is 32.2. The zero-order valence-corrected chi connectivity index (χ0v) is 7.88. The second kappa shape index (κ2) is 5.86. The summed E-state index contributed by atoms with van der Waals surface area (Å²) >= 11 is 1.85. The van der Waals surface area contributed by atoms with Crippen molar-refractivity contribution in [3.63, 3.8) is 0 Å². The van der Waals surface area contributed by atoms with Crippen LogP contribution in [0, 0.1) is 5.44 Å². The molecule has 1 fully saturated rings. The molecule has 2 nitrogen and oxygen atoms in total. The SMILES string of the molecule is CCCCO[C]1CNCCS1. The van der Waals surface area contributed by atoms with Crippen LogP contribution < -0.4 is 5.32 Å². The average Bonchev–Trinajstić information content (AvgIpc) is 2.07. The van der Waals surface area contributed by atoms with Gasteiger partial charge in [0, 0.05) is 25.4 Å². The summed E-state index contributed by atoms with van der Waals surface area (Å²) in [4.78, 5) is 0. The molecule has 65 valence electrons. The number of hydrogen-bond donors (Lipinski definition) is 1. The van der Waals surface area contributed by atoms with Crippen molar-refractivity contribution in [3.8, 4) is 0 Å². The minimum atomic E-state index is 0.889. The lowest BCUT2D eigenvalue weighted by Gasteiger charge is -2.20. The van der Waals surface area contributed by atoms with Gasteiger partial charge in [0.1, 0.15) is 0 Å². The lowest BCUT2D eigenvalue weighted by atomic mass is 10.4. The van der Waals surface area contributed by atoms with Gasteiger partial charge < -0.3 is 10.1 Å². The lowest BCUT2D eigenvalue weighted by molar-refractivity contribution is 0.174. The molecule has 11 heavy (non-hydrogen) atoms. The minimum Gasteiger partial charge on any atom is -0.359 e. The first kappa shape index (κ1) is 9.36. The molecule has 0 aromatic rings. The summed E-state index contributed by atoms with van der Waals surface area (Å²) in [5, 5.41) is 3.28. The molecule has 0 amide bonds. The first-order valence-corrected chi connectivity index (χ1v) is 5.24. The molecule has 0 aromatic carbocycles. The van der Waals surface area contributed by atoms with Crippen molar-refractivity contribution < 1.29 is 4.74 Å². The Kier molecular flexibility index (Phi) is 4.99. The van der Waals surface area contributed by atoms with Gasteiger partial charge in [0.25, 0.3) is 0 Å². The fourth-order valence-electron chi connectivity index (χ4n) is 0.902. The maximum atomic E-state index is 5.54. The highest BCUT2D eigenvalue weighted by Gasteiger charge is 2.14. The highest BCUT2D eigenvalue weighted by molar-refractivity contribution is 8.02. The quantitative estimate of drug-likeness (QED) is 0.655. The first-order valence-electron chi connectivity index (χ1n) is 4.25. The topological polar surface area (TPSA) is 21.3 Å². The molecular formula is C8H16NOS. The molecule has 0 spiro atoms. The van der Waals surface area contributed by atoms with Crippen LogP contribution in [0.25, 0.3) is 0 Å². The Morgan fingerprint density at radius 3 is 3.18 bits per heavy atom. The van der Waals surface area contributed by atoms with Gasteiger partial charge in [0.05, 0.1) is 0 Å². The van der Waals surface area contributed by atoms with Gasteiger partial charge in [-0.2, -0.15) is 0 Å². The van der Waals surface area contributed by atoms with Crippen molar-refractivity contribution in [2.75, 3.05) is 25.4 Å². The predicted octanol–water partition coefficient (Wildman–Crippen LogP) is 1.63. The maximum absolute atomic E-state index is 5.54. The number of rotatable bonds is 4. The molecule has 0 aliphatic carbocycles. The third-order valence-electron chi connectivity index (χ3n) is 1.57. The zero-order valence-electron chi connectivity index (χ0n) is 7.06. The third-order valence-corrected chi connectivity index (χ3v) is 2.56. The summed E-state index contributed by atoms with van der Waals surface area (Å²) in [5.74, 6) is 1.15. The zero-order chi connectivity index (χ0) is 7.94. The molecule has 1 rings (SSSR count). The van der Waals surface area contributed by atoms with Gasteiger partial charge in [0.2, 0.25) is 0 Å². The minimum absolute atomic E-state index is 0.889. The molecule has 0 atom stereocenters. The number of thioether (sulfide) groups is 1. The number of ether oxygens (including phenoxy) is 1. The molecule has 1 radical (unpaired) electrons. The van der Waals surface area contributed by atoms with Crippen LogP contribution in [0.15, 0.2) is 0 Å². The molecule has 0 aromatic heterocycles. The van der Waals surface area contributed by atoms with E-state index in [0.29, 0.717) is 0 Å². The van der Waals surface area contributed by atoms with Crippen molar-refractivity contribution in [1.82, 2.24) is 5.32 Å². The first-order chi connectivity index (χ1) is 5.43. The van der Waals surface area contributed by atoms with Crippen LogP contribution in [0.4, 0.5) is 0 Å². The lowest BCUT2D eigenvalue weighted by Crippen LogP contribution is -2.29. The monoisotopic (exact) mass is 174 g/mol. The molecule has 0 bridgehead atoms. The normalized spacial score (nSPS) is 20.5. The van der Waals surface area contributed by atoms with Crippen molar-refractivity contribution in [3.05, 3.63) is 5.44 Å². The van der Waals surface area contributed by atoms with Gasteiger partial charge in [0.15, 0.2) is 5.44 Å². The van der Waals surface area contributed by atoms with Gasteiger partial charge in [-0.1, -0.05) is 13.3 Å². The standard InChI is InChI=1S/C8H16NOS/c1-2-3-5-10-8-7-9-4-6-11-8/h9H,2-7H2,1H3. The van der Waals surface area contributed by atoms with Gasteiger partial charge in [-0.25, -0.2) is 0 Å². The van der Waals surface area contributed by atoms with Crippen LogP contribution in [0.2, 0.25) is 0 Å². The molecule has 1 aliphatic rings. The van der Waals surface area contributed by atoms with Crippen LogP contribution in [-0.4, -0.2) is 25.4 Å². The summed E-state index contributed by atoms with van der Waals surface area (Å²) in [5.41, 5.74) is 1.17. The van der Waals surface area contributed by atoms with E-state index in [1.165, 1.54) is 18.3 Å². The second-order valence-corrected chi connectivity index (χ2v) is 3.75. The summed E-state index contributed by atoms with van der Waals surface area (Å²) in [6.07, 6.45) is 2.38. The van der Waals surface area contributed by atoms with E-state index in [2.05, 4.69) is 12.2 Å². The van der Waals surface area contributed by atoms with E-state index in [9.17, 15) is 0 Å². The van der Waals surface area contributed by atoms with E-state index in [0.717, 1.165) is 25.4 Å². The van der Waals surface area contributed by atoms with E-state index >= 15 is 0 Å². The molecule has 1 aliphatic heterocycles. The summed E-state index contributed by atoms with van der Waals surface area (Å²) in [6, 6.07) is 0. The Labute approximate surface area is 73.1 Å². The van der Waals surface area contributed by atoms with E-state index in [-0.39, 0.29) is 0 Å². The molecule has 1 N–H and O–H groups in total.